The smallest absolute Gasteiger partial charge is 0.0636 e. The van der Waals surface area contributed by atoms with Gasteiger partial charge in [-0.3, -0.25) is 0 Å². The van der Waals surface area contributed by atoms with E-state index in [0.29, 0.717) is 0 Å². The molecule has 11 heavy (non-hydrogen) atoms. The van der Waals surface area contributed by atoms with Crippen molar-refractivity contribution in [1.29, 1.82) is 0 Å². The van der Waals surface area contributed by atoms with E-state index in [4.69, 9.17) is 19.8 Å². The molecule has 1 radical (unpaired) electrons. The predicted molar refractivity (Wildman–Crippen MR) is 30.4 cm³/mol. The first-order chi connectivity index (χ1) is 4.54. The van der Waals surface area contributed by atoms with Gasteiger partial charge in [-0.1, -0.05) is 13.2 Å². The molecule has 0 amide bonds. The van der Waals surface area contributed by atoms with E-state index in [0.717, 1.165) is 12.2 Å². The Morgan fingerprint density at radius 2 is 1.09 bits per heavy atom. The molecule has 0 spiro atoms. The molecular formula is C6H6CuO4-2. The zero-order chi connectivity index (χ0) is 8.57. The third kappa shape index (κ3) is 49.8. The molecule has 0 saturated carbocycles. The first-order valence-corrected chi connectivity index (χ1v) is 2.21. The zero-order valence-corrected chi connectivity index (χ0v) is 6.45. The summed E-state index contributed by atoms with van der Waals surface area (Å²) in [6, 6.07) is 0. The van der Waals surface area contributed by atoms with E-state index >= 15 is 0 Å². The SMILES string of the molecule is C=CC(=O)[O-].C=CC(=O)[O-].[Cu]. The van der Waals surface area contributed by atoms with Crippen molar-refractivity contribution in [1.82, 2.24) is 0 Å². The Kier molecular flexibility index (Phi) is 17.5. The van der Waals surface area contributed by atoms with Crippen molar-refractivity contribution in [2.24, 2.45) is 0 Å². The van der Waals surface area contributed by atoms with E-state index in [1.165, 1.54) is 0 Å². The molecular weight excluding hydrogens is 200 g/mol. The molecule has 0 aliphatic carbocycles. The van der Waals surface area contributed by atoms with Gasteiger partial charge in [0.05, 0.1) is 11.9 Å². The largest absolute Gasteiger partial charge is 0.545 e. The minimum Gasteiger partial charge on any atom is -0.545 e. The number of carboxylic acids is 2. The first-order valence-electron chi connectivity index (χ1n) is 2.21. The monoisotopic (exact) mass is 205 g/mol. The van der Waals surface area contributed by atoms with Crippen molar-refractivity contribution in [2.45, 2.75) is 0 Å². The summed E-state index contributed by atoms with van der Waals surface area (Å²) in [5.74, 6) is -2.46. The van der Waals surface area contributed by atoms with Crippen LogP contribution in [0.3, 0.4) is 0 Å². The minimum absolute atomic E-state index is 0. The van der Waals surface area contributed by atoms with Crippen molar-refractivity contribution in [3.05, 3.63) is 25.3 Å². The molecule has 0 unspecified atom stereocenters. The molecule has 0 fully saturated rings. The standard InChI is InChI=1S/2C3H4O2.Cu/c2*1-2-3(4)5;/h2*2H,1H2,(H,4,5);/p-2. The van der Waals surface area contributed by atoms with E-state index in [1.807, 2.05) is 0 Å². The van der Waals surface area contributed by atoms with Crippen LogP contribution in [0.1, 0.15) is 0 Å². The van der Waals surface area contributed by atoms with Crippen molar-refractivity contribution >= 4 is 11.9 Å². The first kappa shape index (κ1) is 16.5. The normalized spacial score (nSPS) is 5.82. The summed E-state index contributed by atoms with van der Waals surface area (Å²) in [4.78, 5) is 18.3. The van der Waals surface area contributed by atoms with Crippen LogP contribution in [0.4, 0.5) is 0 Å². The van der Waals surface area contributed by atoms with Crippen LogP contribution < -0.4 is 10.2 Å². The van der Waals surface area contributed by atoms with Gasteiger partial charge in [-0.15, -0.1) is 0 Å². The molecule has 0 aliphatic rings. The molecule has 0 rings (SSSR count). The molecule has 4 nitrogen and oxygen atoms in total. The molecule has 5 heteroatoms. The number of carboxylic acid groups (broad SMARTS) is 2. The number of hydrogen-bond donors (Lipinski definition) is 0. The number of aliphatic carboxylic acids is 2. The Balaban J connectivity index is -0.000000107. The van der Waals surface area contributed by atoms with E-state index in [1.54, 1.807) is 0 Å². The molecule has 0 aliphatic heterocycles. The third-order valence-corrected chi connectivity index (χ3v) is 0.333. The predicted octanol–water partition coefficient (Wildman–Crippen LogP) is -2.16. The van der Waals surface area contributed by atoms with Gasteiger partial charge in [-0.05, 0) is 12.2 Å². The van der Waals surface area contributed by atoms with Crippen LogP contribution >= 0.6 is 0 Å². The molecule has 0 aromatic heterocycles. The summed E-state index contributed by atoms with van der Waals surface area (Å²) in [6.07, 6.45) is 1.44. The Morgan fingerprint density at radius 3 is 1.09 bits per heavy atom. The van der Waals surface area contributed by atoms with Gasteiger partial charge in [0.2, 0.25) is 0 Å². The molecule has 0 bridgehead atoms. The molecule has 0 aromatic carbocycles. The van der Waals surface area contributed by atoms with Gasteiger partial charge >= 0.3 is 0 Å². The van der Waals surface area contributed by atoms with Gasteiger partial charge in [-0.25, -0.2) is 0 Å². The van der Waals surface area contributed by atoms with Crippen LogP contribution in [0, 0.1) is 0 Å². The summed E-state index contributed by atoms with van der Waals surface area (Å²) in [6.45, 7) is 5.80. The second kappa shape index (κ2) is 11.7. The average Bonchev–Trinajstić information content (AvgIpc) is 1.89. The van der Waals surface area contributed by atoms with Gasteiger partial charge in [0, 0.05) is 17.1 Å². The molecule has 0 aromatic rings. The van der Waals surface area contributed by atoms with Crippen LogP contribution in [0.15, 0.2) is 25.3 Å². The zero-order valence-electron chi connectivity index (χ0n) is 5.50. The number of carbonyl (C=O) groups is 2. The van der Waals surface area contributed by atoms with Gasteiger partial charge in [0.25, 0.3) is 0 Å². The van der Waals surface area contributed by atoms with E-state index in [2.05, 4.69) is 13.2 Å². The summed E-state index contributed by atoms with van der Waals surface area (Å²) >= 11 is 0. The van der Waals surface area contributed by atoms with Crippen molar-refractivity contribution < 1.29 is 36.9 Å². The maximum absolute atomic E-state index is 9.14. The van der Waals surface area contributed by atoms with Crippen LogP contribution in [0.25, 0.3) is 0 Å². The Bertz CT molecular complexity index is 135. The Hall–Kier alpha value is -1.06. The van der Waals surface area contributed by atoms with E-state index in [9.17, 15) is 0 Å². The van der Waals surface area contributed by atoms with Gasteiger partial charge in [0.1, 0.15) is 0 Å². The second-order valence-electron chi connectivity index (χ2n) is 1.05. The molecule has 0 atom stereocenters. The Labute approximate surface area is 74.7 Å². The van der Waals surface area contributed by atoms with Gasteiger partial charge in [-0.2, -0.15) is 0 Å². The number of carbonyl (C=O) groups excluding carboxylic acids is 2. The topological polar surface area (TPSA) is 80.3 Å². The maximum Gasteiger partial charge on any atom is 0.0636 e. The minimum atomic E-state index is -1.23. The summed E-state index contributed by atoms with van der Waals surface area (Å²) in [5.41, 5.74) is 0. The summed E-state index contributed by atoms with van der Waals surface area (Å²) in [7, 11) is 0. The van der Waals surface area contributed by atoms with E-state index in [-0.39, 0.29) is 17.1 Å². The van der Waals surface area contributed by atoms with Gasteiger partial charge in [0.15, 0.2) is 0 Å². The van der Waals surface area contributed by atoms with E-state index < -0.39 is 11.9 Å². The van der Waals surface area contributed by atoms with Crippen LogP contribution in [-0.2, 0) is 26.7 Å². The fourth-order valence-electron chi connectivity index (χ4n) is 0. The second-order valence-corrected chi connectivity index (χ2v) is 1.05. The van der Waals surface area contributed by atoms with Crippen molar-refractivity contribution in [2.75, 3.05) is 0 Å². The number of hydrogen-bond acceptors (Lipinski definition) is 4. The molecule has 0 saturated heterocycles. The summed E-state index contributed by atoms with van der Waals surface area (Å²) in [5, 5.41) is 18.3. The van der Waals surface area contributed by atoms with Crippen LogP contribution in [-0.4, -0.2) is 11.9 Å². The fourth-order valence-corrected chi connectivity index (χ4v) is 0. The van der Waals surface area contributed by atoms with Crippen molar-refractivity contribution in [3.8, 4) is 0 Å². The number of rotatable bonds is 2. The van der Waals surface area contributed by atoms with Crippen LogP contribution in [0.5, 0.6) is 0 Å². The average molecular weight is 206 g/mol. The third-order valence-electron chi connectivity index (χ3n) is 0.333. The van der Waals surface area contributed by atoms with Crippen LogP contribution in [0.2, 0.25) is 0 Å². The molecule has 0 N–H and O–H groups in total. The molecule has 0 heterocycles. The Morgan fingerprint density at radius 1 is 1.00 bits per heavy atom. The fraction of sp³-hybridized carbons (Fsp3) is 0. The quantitative estimate of drug-likeness (QED) is 0.380. The van der Waals surface area contributed by atoms with Gasteiger partial charge < -0.3 is 19.8 Å². The molecule has 67 valence electrons. The van der Waals surface area contributed by atoms with Crippen molar-refractivity contribution in [3.63, 3.8) is 0 Å². The maximum atomic E-state index is 9.14. The summed E-state index contributed by atoms with van der Waals surface area (Å²) < 4.78 is 0.